The van der Waals surface area contributed by atoms with E-state index in [4.69, 9.17) is 9.72 Å². The fourth-order valence-electron chi connectivity index (χ4n) is 3.42. The standard InChI is InChI=1S/C20H21N5O2/c1-27-16-4-2-3-15(11-16)19-13-21-12-18(23-19)14-6-9-25(10-7-14)20(26)17-5-8-22-24-17/h2-5,8,11-14H,6-7,9-10H2,1H3,(H,22,24). The second-order valence-electron chi connectivity index (χ2n) is 6.60. The highest BCUT2D eigenvalue weighted by Crippen LogP contribution is 2.29. The van der Waals surface area contributed by atoms with Crippen molar-refractivity contribution < 1.29 is 9.53 Å². The Kier molecular flexibility index (Phi) is 4.82. The summed E-state index contributed by atoms with van der Waals surface area (Å²) in [5.41, 5.74) is 3.33. The number of carbonyl (C=O) groups is 1. The number of carbonyl (C=O) groups excluding carboxylic acids is 1. The first-order valence-corrected chi connectivity index (χ1v) is 8.99. The van der Waals surface area contributed by atoms with Crippen molar-refractivity contribution in [2.45, 2.75) is 18.8 Å². The van der Waals surface area contributed by atoms with Gasteiger partial charge in [-0.3, -0.25) is 14.9 Å². The summed E-state index contributed by atoms with van der Waals surface area (Å²) in [6, 6.07) is 9.52. The number of likely N-dealkylation sites (tertiary alicyclic amines) is 1. The Labute approximate surface area is 157 Å². The first kappa shape index (κ1) is 17.2. The molecule has 3 aromatic rings. The minimum absolute atomic E-state index is 0.00201. The number of ether oxygens (including phenoxy) is 1. The number of amides is 1. The smallest absolute Gasteiger partial charge is 0.271 e. The molecule has 0 radical (unpaired) electrons. The third kappa shape index (κ3) is 3.67. The molecule has 0 atom stereocenters. The van der Waals surface area contributed by atoms with E-state index in [2.05, 4.69) is 15.2 Å². The Bertz CT molecular complexity index is 918. The van der Waals surface area contributed by atoms with E-state index < -0.39 is 0 Å². The van der Waals surface area contributed by atoms with Gasteiger partial charge in [0.25, 0.3) is 5.91 Å². The number of rotatable bonds is 4. The van der Waals surface area contributed by atoms with Crippen LogP contribution < -0.4 is 4.74 Å². The Morgan fingerprint density at radius 2 is 2.07 bits per heavy atom. The Balaban J connectivity index is 1.46. The topological polar surface area (TPSA) is 84.0 Å². The monoisotopic (exact) mass is 363 g/mol. The molecule has 4 rings (SSSR count). The summed E-state index contributed by atoms with van der Waals surface area (Å²) in [4.78, 5) is 23.5. The van der Waals surface area contributed by atoms with Gasteiger partial charge in [0.2, 0.25) is 0 Å². The van der Waals surface area contributed by atoms with Gasteiger partial charge in [-0.2, -0.15) is 5.10 Å². The van der Waals surface area contributed by atoms with Gasteiger partial charge < -0.3 is 9.64 Å². The first-order chi connectivity index (χ1) is 13.2. The van der Waals surface area contributed by atoms with Crippen molar-refractivity contribution in [3.63, 3.8) is 0 Å². The van der Waals surface area contributed by atoms with Crippen molar-refractivity contribution in [1.29, 1.82) is 0 Å². The lowest BCUT2D eigenvalue weighted by Gasteiger charge is -2.31. The van der Waals surface area contributed by atoms with Gasteiger partial charge in [0.1, 0.15) is 11.4 Å². The van der Waals surface area contributed by atoms with E-state index in [-0.39, 0.29) is 5.91 Å². The van der Waals surface area contributed by atoms with Crippen LogP contribution in [0, 0.1) is 0 Å². The minimum Gasteiger partial charge on any atom is -0.497 e. The molecule has 1 fully saturated rings. The molecule has 1 N–H and O–H groups in total. The second-order valence-corrected chi connectivity index (χ2v) is 6.60. The van der Waals surface area contributed by atoms with Crippen LogP contribution in [0.4, 0.5) is 0 Å². The van der Waals surface area contributed by atoms with Gasteiger partial charge in [-0.1, -0.05) is 12.1 Å². The summed E-state index contributed by atoms with van der Waals surface area (Å²) in [5.74, 6) is 1.10. The van der Waals surface area contributed by atoms with Gasteiger partial charge in [0.05, 0.1) is 24.7 Å². The number of benzene rings is 1. The molecule has 2 aromatic heterocycles. The van der Waals surface area contributed by atoms with Crippen LogP contribution in [0.1, 0.15) is 34.9 Å². The third-order valence-electron chi connectivity index (χ3n) is 4.95. The minimum atomic E-state index is 0.00201. The lowest BCUT2D eigenvalue weighted by Crippen LogP contribution is -2.38. The largest absolute Gasteiger partial charge is 0.497 e. The molecule has 0 saturated carbocycles. The fraction of sp³-hybridized carbons (Fsp3) is 0.300. The number of aromatic nitrogens is 4. The average Bonchev–Trinajstić information content (AvgIpc) is 3.28. The summed E-state index contributed by atoms with van der Waals surface area (Å²) >= 11 is 0. The number of H-pyrrole nitrogens is 1. The Morgan fingerprint density at radius 1 is 1.22 bits per heavy atom. The lowest BCUT2D eigenvalue weighted by atomic mass is 9.93. The molecule has 0 spiro atoms. The van der Waals surface area contributed by atoms with Crippen LogP contribution in [-0.2, 0) is 0 Å². The molecule has 3 heterocycles. The van der Waals surface area contributed by atoms with Crippen molar-refractivity contribution in [1.82, 2.24) is 25.1 Å². The molecule has 1 aromatic carbocycles. The van der Waals surface area contributed by atoms with Crippen molar-refractivity contribution >= 4 is 5.91 Å². The molecule has 1 aliphatic heterocycles. The second kappa shape index (κ2) is 7.57. The van der Waals surface area contributed by atoms with Crippen LogP contribution in [0.5, 0.6) is 5.75 Å². The van der Waals surface area contributed by atoms with Gasteiger partial charge >= 0.3 is 0 Å². The molecule has 1 saturated heterocycles. The van der Waals surface area contributed by atoms with Crippen molar-refractivity contribution in [2.75, 3.05) is 20.2 Å². The Morgan fingerprint density at radius 3 is 2.81 bits per heavy atom. The quantitative estimate of drug-likeness (QED) is 0.770. The van der Waals surface area contributed by atoms with Crippen LogP contribution >= 0.6 is 0 Å². The highest BCUT2D eigenvalue weighted by molar-refractivity contribution is 5.92. The van der Waals surface area contributed by atoms with Gasteiger partial charge in [0.15, 0.2) is 0 Å². The lowest BCUT2D eigenvalue weighted by molar-refractivity contribution is 0.0706. The van der Waals surface area contributed by atoms with Gasteiger partial charge in [-0.15, -0.1) is 0 Å². The number of hydrogen-bond acceptors (Lipinski definition) is 5. The van der Waals surface area contributed by atoms with Crippen LogP contribution in [0.15, 0.2) is 48.9 Å². The van der Waals surface area contributed by atoms with Crippen LogP contribution in [0.25, 0.3) is 11.3 Å². The average molecular weight is 363 g/mol. The van der Waals surface area contributed by atoms with Gasteiger partial charge in [0, 0.05) is 37.0 Å². The van der Waals surface area contributed by atoms with Crippen LogP contribution in [0.2, 0.25) is 0 Å². The SMILES string of the molecule is COc1cccc(-c2cncc(C3CCN(C(=O)c4ccn[nH]4)CC3)n2)c1. The zero-order valence-corrected chi connectivity index (χ0v) is 15.1. The summed E-state index contributed by atoms with van der Waals surface area (Å²) in [6.07, 6.45) is 6.95. The Hall–Kier alpha value is -3.22. The van der Waals surface area contributed by atoms with E-state index in [1.165, 1.54) is 0 Å². The molecule has 138 valence electrons. The maximum absolute atomic E-state index is 12.4. The first-order valence-electron chi connectivity index (χ1n) is 8.99. The van der Waals surface area contributed by atoms with E-state index in [9.17, 15) is 4.79 Å². The maximum atomic E-state index is 12.4. The molecule has 0 aliphatic carbocycles. The number of hydrogen-bond donors (Lipinski definition) is 1. The van der Waals surface area contributed by atoms with Crippen LogP contribution in [-0.4, -0.2) is 51.2 Å². The molecular formula is C20H21N5O2. The van der Waals surface area contributed by atoms with E-state index in [1.807, 2.05) is 35.4 Å². The normalized spacial score (nSPS) is 14.9. The summed E-state index contributed by atoms with van der Waals surface area (Å²) in [6.45, 7) is 1.40. The van der Waals surface area contributed by atoms with Crippen molar-refractivity contribution in [3.8, 4) is 17.0 Å². The predicted molar refractivity (Wildman–Crippen MR) is 100 cm³/mol. The molecule has 0 bridgehead atoms. The molecule has 7 heteroatoms. The summed E-state index contributed by atoms with van der Waals surface area (Å²) in [7, 11) is 1.65. The molecule has 1 aliphatic rings. The molecule has 7 nitrogen and oxygen atoms in total. The molecular weight excluding hydrogens is 342 g/mol. The highest BCUT2D eigenvalue weighted by Gasteiger charge is 2.26. The summed E-state index contributed by atoms with van der Waals surface area (Å²) in [5, 5.41) is 6.59. The molecule has 1 amide bonds. The highest BCUT2D eigenvalue weighted by atomic mass is 16.5. The number of nitrogens with zero attached hydrogens (tertiary/aromatic N) is 4. The van der Waals surface area contributed by atoms with E-state index in [1.54, 1.807) is 25.6 Å². The number of aromatic amines is 1. The maximum Gasteiger partial charge on any atom is 0.271 e. The zero-order valence-electron chi connectivity index (χ0n) is 15.1. The van der Waals surface area contributed by atoms with E-state index in [0.717, 1.165) is 35.5 Å². The van der Waals surface area contributed by atoms with E-state index >= 15 is 0 Å². The van der Waals surface area contributed by atoms with Gasteiger partial charge in [-0.25, -0.2) is 4.98 Å². The fourth-order valence-corrected chi connectivity index (χ4v) is 3.42. The molecule has 27 heavy (non-hydrogen) atoms. The number of methoxy groups -OCH3 is 1. The number of piperidine rings is 1. The summed E-state index contributed by atoms with van der Waals surface area (Å²) < 4.78 is 5.30. The molecule has 0 unspecified atom stereocenters. The zero-order chi connectivity index (χ0) is 18.6. The predicted octanol–water partition coefficient (Wildman–Crippen LogP) is 2.90. The van der Waals surface area contributed by atoms with E-state index in [0.29, 0.717) is 24.7 Å². The van der Waals surface area contributed by atoms with Crippen molar-refractivity contribution in [2.24, 2.45) is 0 Å². The third-order valence-corrected chi connectivity index (χ3v) is 4.95. The van der Waals surface area contributed by atoms with Crippen molar-refractivity contribution in [3.05, 3.63) is 60.3 Å². The van der Waals surface area contributed by atoms with Gasteiger partial charge in [-0.05, 0) is 31.0 Å². The number of nitrogens with one attached hydrogen (secondary N) is 1. The van der Waals surface area contributed by atoms with Crippen LogP contribution in [0.3, 0.4) is 0 Å².